The Labute approximate surface area is 159 Å². The van der Waals surface area contributed by atoms with E-state index in [1.54, 1.807) is 37.4 Å². The second-order valence-corrected chi connectivity index (χ2v) is 6.59. The summed E-state index contributed by atoms with van der Waals surface area (Å²) < 4.78 is 10.5. The van der Waals surface area contributed by atoms with E-state index in [1.165, 1.54) is 7.11 Å². The molecular weight excluding hydrogens is 344 g/mol. The van der Waals surface area contributed by atoms with Crippen LogP contribution in [0.15, 0.2) is 42.5 Å². The Bertz CT molecular complexity index is 818. The lowest BCUT2D eigenvalue weighted by Crippen LogP contribution is -2.47. The van der Waals surface area contributed by atoms with Gasteiger partial charge in [0.1, 0.15) is 17.5 Å². The molecule has 0 fully saturated rings. The third-order valence-corrected chi connectivity index (χ3v) is 4.20. The molecule has 27 heavy (non-hydrogen) atoms. The number of hydrogen-bond donors (Lipinski definition) is 2. The summed E-state index contributed by atoms with van der Waals surface area (Å²) in [6.45, 7) is 5.68. The normalized spacial score (nSPS) is 11.6. The largest absolute Gasteiger partial charge is 0.496 e. The number of carbonyl (C=O) groups is 2. The van der Waals surface area contributed by atoms with Gasteiger partial charge in [0.2, 0.25) is 5.91 Å². The first kappa shape index (κ1) is 20.3. The summed E-state index contributed by atoms with van der Waals surface area (Å²) in [4.78, 5) is 25.5. The number of amides is 2. The number of methoxy groups -OCH3 is 2. The molecule has 6 heteroatoms. The SMILES string of the molecule is COc1ccc(C)cc1NC(=O)[C@H](NC(=O)c1ccccc1OC)C(C)C. The van der Waals surface area contributed by atoms with Gasteiger partial charge in [-0.15, -0.1) is 0 Å². The molecule has 0 aromatic heterocycles. The van der Waals surface area contributed by atoms with Crippen molar-refractivity contribution in [3.8, 4) is 11.5 Å². The third-order valence-electron chi connectivity index (χ3n) is 4.20. The van der Waals surface area contributed by atoms with Crippen molar-refractivity contribution >= 4 is 17.5 Å². The van der Waals surface area contributed by atoms with E-state index in [0.29, 0.717) is 22.7 Å². The Hall–Kier alpha value is -3.02. The fourth-order valence-electron chi connectivity index (χ4n) is 2.72. The number of ether oxygens (including phenoxy) is 2. The first-order chi connectivity index (χ1) is 12.9. The zero-order valence-electron chi connectivity index (χ0n) is 16.3. The summed E-state index contributed by atoms with van der Waals surface area (Å²) in [5.41, 5.74) is 1.94. The average Bonchev–Trinajstić information content (AvgIpc) is 2.65. The van der Waals surface area contributed by atoms with E-state index < -0.39 is 6.04 Å². The molecule has 2 aromatic rings. The lowest BCUT2D eigenvalue weighted by molar-refractivity contribution is -0.118. The van der Waals surface area contributed by atoms with Crippen LogP contribution in [-0.4, -0.2) is 32.1 Å². The van der Waals surface area contributed by atoms with E-state index in [0.717, 1.165) is 5.56 Å². The molecule has 2 amide bonds. The predicted molar refractivity (Wildman–Crippen MR) is 105 cm³/mol. The van der Waals surface area contributed by atoms with Crippen molar-refractivity contribution < 1.29 is 19.1 Å². The molecule has 0 aliphatic carbocycles. The van der Waals surface area contributed by atoms with Crippen LogP contribution in [0, 0.1) is 12.8 Å². The molecule has 1 atom stereocenters. The fourth-order valence-corrected chi connectivity index (χ4v) is 2.72. The monoisotopic (exact) mass is 370 g/mol. The lowest BCUT2D eigenvalue weighted by atomic mass is 10.0. The van der Waals surface area contributed by atoms with Crippen LogP contribution in [0.2, 0.25) is 0 Å². The molecule has 144 valence electrons. The Balaban J connectivity index is 2.21. The van der Waals surface area contributed by atoms with Crippen LogP contribution < -0.4 is 20.1 Å². The van der Waals surface area contributed by atoms with Crippen LogP contribution >= 0.6 is 0 Å². The molecule has 0 bridgehead atoms. The molecule has 2 rings (SSSR count). The molecule has 0 aliphatic rings. The number of anilines is 1. The van der Waals surface area contributed by atoms with E-state index in [4.69, 9.17) is 9.47 Å². The summed E-state index contributed by atoms with van der Waals surface area (Å²) in [6.07, 6.45) is 0. The van der Waals surface area contributed by atoms with E-state index in [2.05, 4.69) is 10.6 Å². The number of aryl methyl sites for hydroxylation is 1. The van der Waals surface area contributed by atoms with E-state index in [-0.39, 0.29) is 17.7 Å². The summed E-state index contributed by atoms with van der Waals surface area (Å²) in [6, 6.07) is 11.7. The first-order valence-electron chi connectivity index (χ1n) is 8.76. The van der Waals surface area contributed by atoms with Gasteiger partial charge >= 0.3 is 0 Å². The topological polar surface area (TPSA) is 76.7 Å². The molecule has 0 saturated carbocycles. The van der Waals surface area contributed by atoms with E-state index in [1.807, 2.05) is 32.9 Å². The zero-order chi connectivity index (χ0) is 20.0. The molecule has 0 saturated heterocycles. The van der Waals surface area contributed by atoms with Gasteiger partial charge < -0.3 is 20.1 Å². The van der Waals surface area contributed by atoms with Crippen LogP contribution in [0.3, 0.4) is 0 Å². The quantitative estimate of drug-likeness (QED) is 0.783. The van der Waals surface area contributed by atoms with Gasteiger partial charge in [0.25, 0.3) is 5.91 Å². The second kappa shape index (κ2) is 9.07. The van der Waals surface area contributed by atoms with Gasteiger partial charge in [0.15, 0.2) is 0 Å². The maximum atomic E-state index is 12.8. The molecule has 0 radical (unpaired) electrons. The van der Waals surface area contributed by atoms with Crippen LogP contribution in [-0.2, 0) is 4.79 Å². The van der Waals surface area contributed by atoms with Crippen molar-refractivity contribution in [1.29, 1.82) is 0 Å². The van der Waals surface area contributed by atoms with Gasteiger partial charge in [-0.1, -0.05) is 32.0 Å². The second-order valence-electron chi connectivity index (χ2n) is 6.59. The maximum Gasteiger partial charge on any atom is 0.255 e. The van der Waals surface area contributed by atoms with Gasteiger partial charge in [-0.2, -0.15) is 0 Å². The van der Waals surface area contributed by atoms with E-state index >= 15 is 0 Å². The maximum absolute atomic E-state index is 12.8. The first-order valence-corrected chi connectivity index (χ1v) is 8.76. The number of rotatable bonds is 7. The molecule has 0 heterocycles. The van der Waals surface area contributed by atoms with Crippen molar-refractivity contribution in [1.82, 2.24) is 5.32 Å². The van der Waals surface area contributed by atoms with Crippen molar-refractivity contribution in [2.45, 2.75) is 26.8 Å². The Morgan fingerprint density at radius 1 is 0.963 bits per heavy atom. The third kappa shape index (κ3) is 5.00. The number of nitrogens with one attached hydrogen (secondary N) is 2. The lowest BCUT2D eigenvalue weighted by Gasteiger charge is -2.23. The molecule has 2 N–H and O–H groups in total. The van der Waals surface area contributed by atoms with Crippen molar-refractivity contribution in [2.24, 2.45) is 5.92 Å². The zero-order valence-corrected chi connectivity index (χ0v) is 16.3. The smallest absolute Gasteiger partial charge is 0.255 e. The van der Waals surface area contributed by atoms with Gasteiger partial charge in [0.05, 0.1) is 25.5 Å². The highest BCUT2D eigenvalue weighted by atomic mass is 16.5. The predicted octanol–water partition coefficient (Wildman–Crippen LogP) is 3.41. The average molecular weight is 370 g/mol. The summed E-state index contributed by atoms with van der Waals surface area (Å²) in [5, 5.41) is 5.67. The van der Waals surface area contributed by atoms with Gasteiger partial charge in [-0.3, -0.25) is 9.59 Å². The van der Waals surface area contributed by atoms with Crippen LogP contribution in [0.1, 0.15) is 29.8 Å². The fraction of sp³-hybridized carbons (Fsp3) is 0.333. The highest BCUT2D eigenvalue weighted by molar-refractivity contribution is 6.03. The number of carbonyl (C=O) groups excluding carboxylic acids is 2. The molecule has 6 nitrogen and oxygen atoms in total. The number of para-hydroxylation sites is 1. The Morgan fingerprint density at radius 2 is 1.63 bits per heavy atom. The summed E-state index contributed by atoms with van der Waals surface area (Å²) >= 11 is 0. The molecule has 0 spiro atoms. The van der Waals surface area contributed by atoms with Crippen molar-refractivity contribution in [3.63, 3.8) is 0 Å². The Kier molecular flexibility index (Phi) is 6.82. The van der Waals surface area contributed by atoms with Gasteiger partial charge in [-0.25, -0.2) is 0 Å². The minimum Gasteiger partial charge on any atom is -0.496 e. The van der Waals surface area contributed by atoms with Gasteiger partial charge in [-0.05, 0) is 42.7 Å². The summed E-state index contributed by atoms with van der Waals surface area (Å²) in [7, 11) is 3.05. The van der Waals surface area contributed by atoms with Gasteiger partial charge in [0, 0.05) is 0 Å². The number of hydrogen-bond acceptors (Lipinski definition) is 4. The standard InChI is InChI=1S/C21H26N2O4/c1-13(2)19(23-20(24)15-8-6-7-9-17(15)26-4)21(25)22-16-12-14(3)10-11-18(16)27-5/h6-13,19H,1-5H3,(H,22,25)(H,23,24)/t19-/m1/s1. The van der Waals surface area contributed by atoms with Crippen LogP contribution in [0.25, 0.3) is 0 Å². The highest BCUT2D eigenvalue weighted by Crippen LogP contribution is 2.26. The Morgan fingerprint density at radius 3 is 2.26 bits per heavy atom. The minimum absolute atomic E-state index is 0.112. The van der Waals surface area contributed by atoms with Crippen LogP contribution in [0.4, 0.5) is 5.69 Å². The van der Waals surface area contributed by atoms with Crippen molar-refractivity contribution in [3.05, 3.63) is 53.6 Å². The molecule has 2 aromatic carbocycles. The van der Waals surface area contributed by atoms with Crippen LogP contribution in [0.5, 0.6) is 11.5 Å². The van der Waals surface area contributed by atoms with E-state index in [9.17, 15) is 9.59 Å². The minimum atomic E-state index is -0.715. The van der Waals surface area contributed by atoms with Crippen molar-refractivity contribution in [2.75, 3.05) is 19.5 Å². The highest BCUT2D eigenvalue weighted by Gasteiger charge is 2.26. The molecular formula is C21H26N2O4. The molecule has 0 aliphatic heterocycles. The summed E-state index contributed by atoms with van der Waals surface area (Å²) in [5.74, 6) is 0.236. The molecule has 0 unspecified atom stereocenters. The number of benzene rings is 2.